The lowest BCUT2D eigenvalue weighted by Gasteiger charge is -2.23. The van der Waals surface area contributed by atoms with Crippen molar-refractivity contribution in [1.82, 2.24) is 9.71 Å². The number of thiazole rings is 1. The van der Waals surface area contributed by atoms with Crippen molar-refractivity contribution in [3.63, 3.8) is 0 Å². The topological polar surface area (TPSA) is 96.4 Å². The fourth-order valence-corrected chi connectivity index (χ4v) is 3.97. The molecule has 1 heterocycles. The molecule has 6 nitrogen and oxygen atoms in total. The van der Waals surface area contributed by atoms with Crippen LogP contribution in [-0.4, -0.2) is 31.0 Å². The van der Waals surface area contributed by atoms with E-state index in [1.165, 1.54) is 6.20 Å². The number of aliphatic carboxylic acids is 1. The second kappa shape index (κ2) is 6.19. The lowest BCUT2D eigenvalue weighted by Crippen LogP contribution is -2.34. The highest BCUT2D eigenvalue weighted by molar-refractivity contribution is 7.91. The van der Waals surface area contributed by atoms with Crippen LogP contribution < -0.4 is 4.72 Å². The summed E-state index contributed by atoms with van der Waals surface area (Å²) >= 11 is 1.06. The first-order chi connectivity index (χ1) is 9.01. The molecule has 0 radical (unpaired) electrons. The number of aryl methyl sites for hydroxylation is 1. The Morgan fingerprint density at radius 2 is 2.10 bits per heavy atom. The zero-order valence-electron chi connectivity index (χ0n) is 12.0. The van der Waals surface area contributed by atoms with Gasteiger partial charge < -0.3 is 5.11 Å². The van der Waals surface area contributed by atoms with Crippen LogP contribution in [0.1, 0.15) is 32.2 Å². The lowest BCUT2D eigenvalue weighted by atomic mass is 9.85. The van der Waals surface area contributed by atoms with Crippen LogP contribution in [0.15, 0.2) is 10.4 Å². The smallest absolute Gasteiger partial charge is 0.307 e. The molecule has 0 saturated carbocycles. The fourth-order valence-electron chi connectivity index (χ4n) is 1.73. The van der Waals surface area contributed by atoms with Crippen molar-refractivity contribution in [2.24, 2.45) is 11.3 Å². The molecule has 1 rings (SSSR count). The molecule has 1 unspecified atom stereocenters. The minimum absolute atomic E-state index is 0.106. The largest absolute Gasteiger partial charge is 0.481 e. The summed E-state index contributed by atoms with van der Waals surface area (Å²) in [6, 6.07) is 0. The van der Waals surface area contributed by atoms with Gasteiger partial charge in [0.2, 0.25) is 0 Å². The number of sulfonamides is 1. The third-order valence-electron chi connectivity index (χ3n) is 2.59. The Bertz CT molecular complexity index is 573. The molecule has 1 atom stereocenters. The van der Waals surface area contributed by atoms with Crippen LogP contribution in [0.25, 0.3) is 0 Å². The van der Waals surface area contributed by atoms with Gasteiger partial charge in [0.15, 0.2) is 4.21 Å². The Morgan fingerprint density at radius 3 is 2.50 bits per heavy atom. The van der Waals surface area contributed by atoms with Crippen LogP contribution in [-0.2, 0) is 14.8 Å². The molecule has 2 N–H and O–H groups in total. The van der Waals surface area contributed by atoms with Crippen LogP contribution in [0.4, 0.5) is 0 Å². The van der Waals surface area contributed by atoms with Gasteiger partial charge in [0.25, 0.3) is 10.0 Å². The van der Waals surface area contributed by atoms with Crippen molar-refractivity contribution < 1.29 is 18.3 Å². The zero-order valence-corrected chi connectivity index (χ0v) is 13.6. The molecule has 0 spiro atoms. The summed E-state index contributed by atoms with van der Waals surface area (Å²) in [6.45, 7) is 7.35. The van der Waals surface area contributed by atoms with Crippen molar-refractivity contribution in [3.8, 4) is 0 Å². The van der Waals surface area contributed by atoms with Crippen LogP contribution in [0.2, 0.25) is 0 Å². The second-order valence-corrected chi connectivity index (χ2v) is 9.08. The van der Waals surface area contributed by atoms with E-state index in [1.54, 1.807) is 6.92 Å². The van der Waals surface area contributed by atoms with E-state index in [1.807, 2.05) is 20.8 Å². The monoisotopic (exact) mass is 320 g/mol. The van der Waals surface area contributed by atoms with Crippen molar-refractivity contribution in [3.05, 3.63) is 11.2 Å². The molecule has 1 aromatic rings. The Hall–Kier alpha value is -0.990. The zero-order chi connectivity index (χ0) is 15.6. The van der Waals surface area contributed by atoms with Gasteiger partial charge in [-0.1, -0.05) is 20.8 Å². The van der Waals surface area contributed by atoms with Crippen LogP contribution in [0.5, 0.6) is 0 Å². The van der Waals surface area contributed by atoms with E-state index in [4.69, 9.17) is 5.11 Å². The summed E-state index contributed by atoms with van der Waals surface area (Å²) in [5.74, 6) is -1.75. The molecular formula is C12H20N2O4S2. The van der Waals surface area contributed by atoms with E-state index in [-0.39, 0.29) is 16.2 Å². The van der Waals surface area contributed by atoms with Gasteiger partial charge in [-0.15, -0.1) is 11.3 Å². The predicted octanol–water partition coefficient (Wildman–Crippen LogP) is 1.87. The molecule has 8 heteroatoms. The van der Waals surface area contributed by atoms with E-state index in [2.05, 4.69) is 9.71 Å². The standard InChI is InChI=1S/C12H20N2O4S2/c1-8-13-7-10(19-8)20(17,18)14-6-9(11(15)16)5-12(2,3)4/h7,9,14H,5-6H2,1-4H3,(H,15,16). The highest BCUT2D eigenvalue weighted by Gasteiger charge is 2.27. The van der Waals surface area contributed by atoms with Gasteiger partial charge >= 0.3 is 5.97 Å². The molecule has 0 bridgehead atoms. The maximum atomic E-state index is 12.0. The molecule has 0 aliphatic heterocycles. The summed E-state index contributed by atoms with van der Waals surface area (Å²) in [7, 11) is -3.68. The van der Waals surface area contributed by atoms with Gasteiger partial charge in [0, 0.05) is 6.54 Å². The molecule has 1 aromatic heterocycles. The molecule has 0 aliphatic carbocycles. The number of carboxylic acids is 1. The van der Waals surface area contributed by atoms with Crippen molar-refractivity contribution in [2.75, 3.05) is 6.54 Å². The van der Waals surface area contributed by atoms with Crippen LogP contribution in [0, 0.1) is 18.3 Å². The highest BCUT2D eigenvalue weighted by Crippen LogP contribution is 2.25. The molecular weight excluding hydrogens is 300 g/mol. The number of aromatic nitrogens is 1. The highest BCUT2D eigenvalue weighted by atomic mass is 32.2. The van der Waals surface area contributed by atoms with E-state index >= 15 is 0 Å². The Morgan fingerprint density at radius 1 is 1.50 bits per heavy atom. The van der Waals surface area contributed by atoms with Crippen LogP contribution >= 0.6 is 11.3 Å². The number of nitrogens with zero attached hydrogens (tertiary/aromatic N) is 1. The molecule has 114 valence electrons. The Balaban J connectivity index is 2.75. The maximum Gasteiger partial charge on any atom is 0.307 e. The summed E-state index contributed by atoms with van der Waals surface area (Å²) in [4.78, 5) is 15.1. The number of rotatable bonds is 6. The Kier molecular flexibility index (Phi) is 5.28. The maximum absolute atomic E-state index is 12.0. The third kappa shape index (κ3) is 5.18. The number of carboxylic acid groups (broad SMARTS) is 1. The quantitative estimate of drug-likeness (QED) is 0.834. The minimum atomic E-state index is -3.68. The minimum Gasteiger partial charge on any atom is -0.481 e. The molecule has 0 aromatic carbocycles. The number of hydrogen-bond donors (Lipinski definition) is 2. The Labute approximate surface area is 123 Å². The molecule has 0 fully saturated rings. The summed E-state index contributed by atoms with van der Waals surface area (Å²) in [5.41, 5.74) is -0.185. The van der Waals surface area contributed by atoms with Gasteiger partial charge in [-0.05, 0) is 18.8 Å². The van der Waals surface area contributed by atoms with E-state index in [0.717, 1.165) is 11.3 Å². The number of hydrogen-bond acceptors (Lipinski definition) is 5. The normalized spacial score (nSPS) is 14.2. The van der Waals surface area contributed by atoms with Crippen molar-refractivity contribution >= 4 is 27.3 Å². The average Bonchev–Trinajstić information content (AvgIpc) is 2.70. The summed E-state index contributed by atoms with van der Waals surface area (Å²) in [5, 5.41) is 9.81. The summed E-state index contributed by atoms with van der Waals surface area (Å²) in [6.07, 6.45) is 1.68. The third-order valence-corrected chi connectivity index (χ3v) is 5.39. The fraction of sp³-hybridized carbons (Fsp3) is 0.667. The first-order valence-corrected chi connectivity index (χ1v) is 8.46. The predicted molar refractivity (Wildman–Crippen MR) is 77.2 cm³/mol. The van der Waals surface area contributed by atoms with Crippen molar-refractivity contribution in [2.45, 2.75) is 38.3 Å². The van der Waals surface area contributed by atoms with E-state index < -0.39 is 21.9 Å². The average molecular weight is 320 g/mol. The second-order valence-electron chi connectivity index (χ2n) is 5.85. The lowest BCUT2D eigenvalue weighted by molar-refractivity contribution is -0.142. The van der Waals surface area contributed by atoms with Gasteiger partial charge in [0.1, 0.15) is 0 Å². The number of carbonyl (C=O) groups is 1. The van der Waals surface area contributed by atoms with Crippen LogP contribution in [0.3, 0.4) is 0 Å². The molecule has 0 aliphatic rings. The van der Waals surface area contributed by atoms with Gasteiger partial charge in [-0.25, -0.2) is 18.1 Å². The first-order valence-electron chi connectivity index (χ1n) is 6.16. The van der Waals surface area contributed by atoms with E-state index in [9.17, 15) is 13.2 Å². The van der Waals surface area contributed by atoms with Gasteiger partial charge in [0.05, 0.1) is 17.1 Å². The van der Waals surface area contributed by atoms with Gasteiger partial charge in [-0.2, -0.15) is 0 Å². The molecule has 0 amide bonds. The van der Waals surface area contributed by atoms with Gasteiger partial charge in [-0.3, -0.25) is 4.79 Å². The SMILES string of the molecule is Cc1ncc(S(=O)(=O)NCC(CC(C)(C)C)C(=O)O)s1. The number of nitrogens with one attached hydrogen (secondary N) is 1. The molecule has 20 heavy (non-hydrogen) atoms. The molecule has 0 saturated heterocycles. The first kappa shape index (κ1) is 17.1. The summed E-state index contributed by atoms with van der Waals surface area (Å²) < 4.78 is 26.5. The van der Waals surface area contributed by atoms with Crippen molar-refractivity contribution in [1.29, 1.82) is 0 Å². The van der Waals surface area contributed by atoms with E-state index in [0.29, 0.717) is 11.4 Å².